The molecule has 200 valence electrons. The topological polar surface area (TPSA) is 98.4 Å². The molecule has 0 spiro atoms. The second-order valence-electron chi connectivity index (χ2n) is 9.36. The zero-order valence-electron chi connectivity index (χ0n) is 21.8. The summed E-state index contributed by atoms with van der Waals surface area (Å²) < 4.78 is 24.2. The normalized spacial score (nSPS) is 13.2. The van der Waals surface area contributed by atoms with Crippen LogP contribution in [0.25, 0.3) is 22.3 Å². The number of carbonyl (C=O) groups is 1. The first-order chi connectivity index (χ1) is 19.4. The Hall–Kier alpha value is -5.24. The molecule has 0 bridgehead atoms. The maximum absolute atomic E-state index is 13.2. The lowest BCUT2D eigenvalue weighted by atomic mass is 9.97. The second kappa shape index (κ2) is 9.81. The largest absolute Gasteiger partial charge is 0.504 e. The van der Waals surface area contributed by atoms with Crippen LogP contribution < -0.4 is 19.6 Å². The third-order valence-electron chi connectivity index (χ3n) is 6.85. The maximum atomic E-state index is 13.2. The van der Waals surface area contributed by atoms with E-state index in [4.69, 9.17) is 18.6 Å². The summed E-state index contributed by atoms with van der Waals surface area (Å²) in [6, 6.07) is 28.2. The Morgan fingerprint density at radius 1 is 0.900 bits per heavy atom. The molecule has 0 radical (unpaired) electrons. The van der Waals surface area contributed by atoms with Crippen LogP contribution in [-0.4, -0.2) is 29.7 Å². The predicted molar refractivity (Wildman–Crippen MR) is 149 cm³/mol. The number of aromatic hydroxyl groups is 1. The molecule has 1 aromatic heterocycles. The van der Waals surface area contributed by atoms with E-state index in [1.165, 1.54) is 11.0 Å². The van der Waals surface area contributed by atoms with Crippen molar-refractivity contribution in [2.45, 2.75) is 12.7 Å². The smallest absolute Gasteiger partial charge is 0.414 e. The molecule has 8 nitrogen and oxygen atoms in total. The molecule has 8 heteroatoms. The van der Waals surface area contributed by atoms with Crippen molar-refractivity contribution < 1.29 is 28.5 Å². The van der Waals surface area contributed by atoms with Crippen molar-refractivity contribution in [1.82, 2.24) is 4.90 Å². The summed E-state index contributed by atoms with van der Waals surface area (Å²) in [6.07, 6.45) is -0.471. The molecule has 0 unspecified atom stereocenters. The third-order valence-corrected chi connectivity index (χ3v) is 6.85. The van der Waals surface area contributed by atoms with Gasteiger partial charge in [0.1, 0.15) is 22.5 Å². The van der Waals surface area contributed by atoms with E-state index < -0.39 is 17.3 Å². The number of ether oxygens (including phenoxy) is 3. The Morgan fingerprint density at radius 2 is 1.52 bits per heavy atom. The third kappa shape index (κ3) is 4.19. The Morgan fingerprint density at radius 3 is 2.12 bits per heavy atom. The van der Waals surface area contributed by atoms with Gasteiger partial charge >= 0.3 is 11.9 Å². The molecule has 0 saturated heterocycles. The van der Waals surface area contributed by atoms with E-state index in [2.05, 4.69) is 0 Å². The van der Waals surface area contributed by atoms with Gasteiger partial charge in [0.2, 0.25) is 5.75 Å². The molecule has 5 aromatic rings. The van der Waals surface area contributed by atoms with Crippen molar-refractivity contribution in [3.8, 4) is 34.3 Å². The monoisotopic (exact) mass is 535 g/mol. The van der Waals surface area contributed by atoms with Gasteiger partial charge in [-0.1, -0.05) is 60.7 Å². The molecular weight excluding hydrogens is 510 g/mol. The number of fused-ring (bicyclic) bond motifs is 2. The number of hydrogen-bond acceptors (Lipinski definition) is 7. The van der Waals surface area contributed by atoms with Crippen molar-refractivity contribution in [3.63, 3.8) is 0 Å². The number of carbonyl (C=O) groups excluding carboxylic acids is 1. The van der Waals surface area contributed by atoms with Crippen molar-refractivity contribution >= 4 is 17.1 Å². The van der Waals surface area contributed by atoms with Gasteiger partial charge in [-0.2, -0.15) is 0 Å². The van der Waals surface area contributed by atoms with Crippen LogP contribution in [0, 0.1) is 0 Å². The van der Waals surface area contributed by atoms with Crippen molar-refractivity contribution in [2.24, 2.45) is 0 Å². The van der Waals surface area contributed by atoms with E-state index in [1.807, 2.05) is 67.6 Å². The molecule has 1 amide bonds. The highest BCUT2D eigenvalue weighted by Crippen LogP contribution is 2.53. The summed E-state index contributed by atoms with van der Waals surface area (Å²) in [5.74, 6) is -0.800. The molecule has 0 saturated carbocycles. The van der Waals surface area contributed by atoms with E-state index in [0.29, 0.717) is 29.0 Å². The number of rotatable bonds is 5. The lowest BCUT2D eigenvalue weighted by Gasteiger charge is -2.28. The molecule has 1 N–H and O–H groups in total. The van der Waals surface area contributed by atoms with Gasteiger partial charge in [0.15, 0.2) is 16.9 Å². The summed E-state index contributed by atoms with van der Waals surface area (Å²) in [6.45, 7) is 2.36. The fourth-order valence-corrected chi connectivity index (χ4v) is 4.61. The highest BCUT2D eigenvalue weighted by molar-refractivity contribution is 5.90. The highest BCUT2D eigenvalue weighted by atomic mass is 16.7. The van der Waals surface area contributed by atoms with Crippen LogP contribution in [0.15, 0.2) is 106 Å². The maximum Gasteiger partial charge on any atom is 0.414 e. The number of hydrogen-bond donors (Lipinski definition) is 1. The lowest BCUT2D eigenvalue weighted by Crippen LogP contribution is -2.36. The highest BCUT2D eigenvalue weighted by Gasteiger charge is 2.47. The van der Waals surface area contributed by atoms with Crippen LogP contribution in [-0.2, 0) is 5.79 Å². The Labute approximate surface area is 229 Å². The van der Waals surface area contributed by atoms with Gasteiger partial charge in [-0.15, -0.1) is 0 Å². The molecule has 40 heavy (non-hydrogen) atoms. The standard InChI is InChI=1S/C32H25NO7/c1-3-33(2)31(36)37-23-16-14-20(15-17-23)25-18-24(34)28-26(38-25)19-27-30(29(28)35)40-32(39-27,21-10-6-4-7-11-21)22-12-8-5-9-13-22/h4-19,35H,3H2,1-2H3. The average Bonchev–Trinajstić information content (AvgIpc) is 3.39. The lowest BCUT2D eigenvalue weighted by molar-refractivity contribution is -0.0466. The molecule has 0 fully saturated rings. The number of amides is 1. The zero-order chi connectivity index (χ0) is 27.9. The summed E-state index contributed by atoms with van der Waals surface area (Å²) in [5.41, 5.74) is 1.71. The fourth-order valence-electron chi connectivity index (χ4n) is 4.61. The van der Waals surface area contributed by atoms with E-state index in [-0.39, 0.29) is 34.0 Å². The summed E-state index contributed by atoms with van der Waals surface area (Å²) in [5, 5.41) is 11.2. The van der Waals surface area contributed by atoms with Crippen LogP contribution in [0.5, 0.6) is 23.0 Å². The van der Waals surface area contributed by atoms with Crippen LogP contribution in [0.2, 0.25) is 0 Å². The van der Waals surface area contributed by atoms with Crippen LogP contribution >= 0.6 is 0 Å². The Balaban J connectivity index is 1.40. The van der Waals surface area contributed by atoms with Crippen molar-refractivity contribution in [1.29, 1.82) is 0 Å². The minimum absolute atomic E-state index is 0.0174. The van der Waals surface area contributed by atoms with Crippen LogP contribution in [0.4, 0.5) is 4.79 Å². The predicted octanol–water partition coefficient (Wildman–Crippen LogP) is 6.29. The van der Waals surface area contributed by atoms with E-state index >= 15 is 0 Å². The van der Waals surface area contributed by atoms with Gasteiger partial charge in [-0.25, -0.2) is 4.79 Å². The number of phenols is 1. The molecular formula is C32H25NO7. The summed E-state index contributed by atoms with van der Waals surface area (Å²) in [4.78, 5) is 26.7. The molecule has 6 rings (SSSR count). The van der Waals surface area contributed by atoms with Crippen LogP contribution in [0.3, 0.4) is 0 Å². The van der Waals surface area contributed by atoms with Gasteiger partial charge in [0, 0.05) is 42.4 Å². The van der Waals surface area contributed by atoms with Gasteiger partial charge in [0.05, 0.1) is 0 Å². The number of nitrogens with zero attached hydrogens (tertiary/aromatic N) is 1. The SMILES string of the molecule is CCN(C)C(=O)Oc1ccc(-c2cc(=O)c3c(O)c4c(cc3o2)OC(c2ccccc2)(c2ccccc2)O4)cc1. The minimum atomic E-state index is -1.37. The van der Waals surface area contributed by atoms with Gasteiger partial charge in [0.25, 0.3) is 0 Å². The van der Waals surface area contributed by atoms with E-state index in [1.54, 1.807) is 37.4 Å². The van der Waals surface area contributed by atoms with Crippen LogP contribution in [0.1, 0.15) is 18.1 Å². The molecule has 4 aromatic carbocycles. The first-order valence-electron chi connectivity index (χ1n) is 12.8. The minimum Gasteiger partial charge on any atom is -0.504 e. The van der Waals surface area contributed by atoms with Gasteiger partial charge in [-0.3, -0.25) is 4.79 Å². The van der Waals surface area contributed by atoms with Crippen molar-refractivity contribution in [3.05, 3.63) is 118 Å². The molecule has 0 aliphatic carbocycles. The quantitative estimate of drug-likeness (QED) is 0.282. The summed E-state index contributed by atoms with van der Waals surface area (Å²) >= 11 is 0. The van der Waals surface area contributed by atoms with Crippen molar-refractivity contribution in [2.75, 3.05) is 13.6 Å². The van der Waals surface area contributed by atoms with E-state index in [9.17, 15) is 14.7 Å². The fraction of sp³-hybridized carbons (Fsp3) is 0.125. The zero-order valence-corrected chi connectivity index (χ0v) is 21.8. The Bertz CT molecular complexity index is 1720. The summed E-state index contributed by atoms with van der Waals surface area (Å²) in [7, 11) is 1.64. The molecule has 2 heterocycles. The number of benzene rings is 4. The first-order valence-corrected chi connectivity index (χ1v) is 12.8. The average molecular weight is 536 g/mol. The molecule has 1 aliphatic heterocycles. The van der Waals surface area contributed by atoms with Gasteiger partial charge < -0.3 is 28.6 Å². The molecule has 1 aliphatic rings. The second-order valence-corrected chi connectivity index (χ2v) is 9.36. The van der Waals surface area contributed by atoms with E-state index in [0.717, 1.165) is 0 Å². The molecule has 0 atom stereocenters. The van der Waals surface area contributed by atoms with Gasteiger partial charge in [-0.05, 0) is 31.2 Å². The Kier molecular flexibility index (Phi) is 6.15. The first kappa shape index (κ1) is 25.1. The number of phenolic OH excluding ortho intramolecular Hbond substituents is 1.